The van der Waals surface area contributed by atoms with Crippen LogP contribution in [0, 0.1) is 6.92 Å². The predicted molar refractivity (Wildman–Crippen MR) is 68.1 cm³/mol. The molecule has 1 heterocycles. The van der Waals surface area contributed by atoms with Crippen LogP contribution >= 0.6 is 15.9 Å². The zero-order valence-corrected chi connectivity index (χ0v) is 10.9. The summed E-state index contributed by atoms with van der Waals surface area (Å²) in [5, 5.41) is 4.14. The van der Waals surface area contributed by atoms with Crippen LogP contribution in [0.2, 0.25) is 0 Å². The number of halogens is 1. The van der Waals surface area contributed by atoms with Gasteiger partial charge in [0.15, 0.2) is 0 Å². The third-order valence-electron chi connectivity index (χ3n) is 2.66. The Morgan fingerprint density at radius 2 is 2.12 bits per heavy atom. The minimum atomic E-state index is -0.151. The first kappa shape index (κ1) is 11.4. The van der Waals surface area contributed by atoms with Crippen molar-refractivity contribution in [1.29, 1.82) is 0 Å². The van der Waals surface area contributed by atoms with Crippen molar-refractivity contribution in [3.05, 3.63) is 51.8 Å². The van der Waals surface area contributed by atoms with Gasteiger partial charge in [-0.2, -0.15) is 5.10 Å². The third kappa shape index (κ3) is 2.03. The van der Waals surface area contributed by atoms with Gasteiger partial charge in [0.2, 0.25) is 0 Å². The smallest absolute Gasteiger partial charge is 0.0734 e. The molecule has 0 saturated carbocycles. The normalized spacial score (nSPS) is 12.8. The van der Waals surface area contributed by atoms with Gasteiger partial charge in [-0.1, -0.05) is 33.6 Å². The van der Waals surface area contributed by atoms with Gasteiger partial charge in [-0.05, 0) is 24.6 Å². The summed E-state index contributed by atoms with van der Waals surface area (Å²) >= 11 is 3.53. The maximum Gasteiger partial charge on any atom is 0.0734 e. The number of hydrogen-bond donors (Lipinski definition) is 1. The van der Waals surface area contributed by atoms with E-state index in [0.717, 1.165) is 15.7 Å². The second-order valence-electron chi connectivity index (χ2n) is 3.88. The largest absolute Gasteiger partial charge is 0.319 e. The first-order valence-electron chi connectivity index (χ1n) is 5.09. The second-order valence-corrected chi connectivity index (χ2v) is 4.74. The molecule has 0 aliphatic heterocycles. The Hall–Kier alpha value is -1.13. The Balaban J connectivity index is 2.45. The minimum Gasteiger partial charge on any atom is -0.319 e. The average Bonchev–Trinajstić information content (AvgIpc) is 2.67. The molecule has 1 atom stereocenters. The van der Waals surface area contributed by atoms with Gasteiger partial charge in [0.05, 0.1) is 11.7 Å². The van der Waals surface area contributed by atoms with Gasteiger partial charge in [-0.3, -0.25) is 4.68 Å². The number of rotatable bonds is 2. The van der Waals surface area contributed by atoms with Crippen molar-refractivity contribution in [1.82, 2.24) is 9.78 Å². The monoisotopic (exact) mass is 279 g/mol. The van der Waals surface area contributed by atoms with Gasteiger partial charge in [-0.25, -0.2) is 0 Å². The Kier molecular flexibility index (Phi) is 3.12. The van der Waals surface area contributed by atoms with Crippen molar-refractivity contribution >= 4 is 15.9 Å². The molecule has 0 bridgehead atoms. The van der Waals surface area contributed by atoms with E-state index in [2.05, 4.69) is 40.1 Å². The highest BCUT2D eigenvalue weighted by Crippen LogP contribution is 2.27. The molecule has 1 aromatic heterocycles. The molecule has 2 aromatic rings. The summed E-state index contributed by atoms with van der Waals surface area (Å²) in [7, 11) is 1.90. The zero-order valence-electron chi connectivity index (χ0n) is 9.31. The molecule has 0 radical (unpaired) electrons. The average molecular weight is 280 g/mol. The maximum absolute atomic E-state index is 6.24. The summed E-state index contributed by atoms with van der Waals surface area (Å²) in [6.07, 6.45) is 1.76. The van der Waals surface area contributed by atoms with E-state index < -0.39 is 0 Å². The topological polar surface area (TPSA) is 43.8 Å². The number of hydrogen-bond acceptors (Lipinski definition) is 2. The lowest BCUT2D eigenvalue weighted by Gasteiger charge is -2.15. The van der Waals surface area contributed by atoms with Crippen molar-refractivity contribution < 1.29 is 0 Å². The lowest BCUT2D eigenvalue weighted by atomic mass is 10.0. The number of aromatic nitrogens is 2. The molecule has 2 rings (SSSR count). The first-order chi connectivity index (χ1) is 7.59. The van der Waals surface area contributed by atoms with Gasteiger partial charge in [0, 0.05) is 17.7 Å². The van der Waals surface area contributed by atoms with Gasteiger partial charge < -0.3 is 5.73 Å². The molecule has 16 heavy (non-hydrogen) atoms. The van der Waals surface area contributed by atoms with E-state index in [1.807, 2.05) is 19.2 Å². The van der Waals surface area contributed by atoms with Crippen molar-refractivity contribution in [2.75, 3.05) is 0 Å². The SMILES string of the molecule is Cc1ccc(Br)c(C(N)c2ccnn2C)c1. The zero-order chi connectivity index (χ0) is 11.7. The summed E-state index contributed by atoms with van der Waals surface area (Å²) in [5.74, 6) is 0. The van der Waals surface area contributed by atoms with E-state index in [-0.39, 0.29) is 6.04 Å². The van der Waals surface area contributed by atoms with Crippen LogP contribution in [0.15, 0.2) is 34.9 Å². The van der Waals surface area contributed by atoms with Crippen molar-refractivity contribution in [3.63, 3.8) is 0 Å². The van der Waals surface area contributed by atoms with Gasteiger partial charge in [-0.15, -0.1) is 0 Å². The molecule has 1 unspecified atom stereocenters. The standard InChI is InChI=1S/C12H14BrN3/c1-8-3-4-10(13)9(7-8)12(14)11-5-6-15-16(11)2/h3-7,12H,14H2,1-2H3. The summed E-state index contributed by atoms with van der Waals surface area (Å²) in [6.45, 7) is 2.06. The van der Waals surface area contributed by atoms with E-state index in [0.29, 0.717) is 0 Å². The molecular formula is C12H14BrN3. The van der Waals surface area contributed by atoms with E-state index >= 15 is 0 Å². The van der Waals surface area contributed by atoms with Crippen molar-refractivity contribution in [2.24, 2.45) is 12.8 Å². The van der Waals surface area contributed by atoms with E-state index in [9.17, 15) is 0 Å². The summed E-state index contributed by atoms with van der Waals surface area (Å²) < 4.78 is 2.84. The molecule has 4 heteroatoms. The van der Waals surface area contributed by atoms with Gasteiger partial charge >= 0.3 is 0 Å². The molecule has 0 aliphatic carbocycles. The summed E-state index contributed by atoms with van der Waals surface area (Å²) in [5.41, 5.74) is 9.54. The lowest BCUT2D eigenvalue weighted by molar-refractivity contribution is 0.672. The van der Waals surface area contributed by atoms with Crippen molar-refractivity contribution in [2.45, 2.75) is 13.0 Å². The fourth-order valence-corrected chi connectivity index (χ4v) is 2.24. The third-order valence-corrected chi connectivity index (χ3v) is 3.39. The predicted octanol–water partition coefficient (Wildman–Crippen LogP) is 2.54. The number of nitrogens with zero attached hydrogens (tertiary/aromatic N) is 2. The number of nitrogens with two attached hydrogens (primary N) is 1. The van der Waals surface area contributed by atoms with E-state index in [1.165, 1.54) is 5.56 Å². The van der Waals surface area contributed by atoms with Crippen molar-refractivity contribution in [3.8, 4) is 0 Å². The van der Waals surface area contributed by atoms with Crippen LogP contribution in [0.1, 0.15) is 22.9 Å². The molecule has 0 aliphatic rings. The van der Waals surface area contributed by atoms with Crippen LogP contribution in [0.25, 0.3) is 0 Å². The quantitative estimate of drug-likeness (QED) is 0.918. The Bertz CT molecular complexity index is 505. The highest BCUT2D eigenvalue weighted by molar-refractivity contribution is 9.10. The number of benzene rings is 1. The van der Waals surface area contributed by atoms with Gasteiger partial charge in [0.25, 0.3) is 0 Å². The van der Waals surface area contributed by atoms with Crippen LogP contribution in [-0.4, -0.2) is 9.78 Å². The molecule has 1 aromatic carbocycles. The van der Waals surface area contributed by atoms with Crippen LogP contribution in [0.3, 0.4) is 0 Å². The van der Waals surface area contributed by atoms with Crippen LogP contribution in [0.5, 0.6) is 0 Å². The molecule has 2 N–H and O–H groups in total. The van der Waals surface area contributed by atoms with Gasteiger partial charge in [0.1, 0.15) is 0 Å². The number of aryl methyl sites for hydroxylation is 2. The molecular weight excluding hydrogens is 266 g/mol. The Morgan fingerprint density at radius 1 is 1.38 bits per heavy atom. The highest BCUT2D eigenvalue weighted by atomic mass is 79.9. The Morgan fingerprint density at radius 3 is 2.75 bits per heavy atom. The second kappa shape index (κ2) is 4.39. The highest BCUT2D eigenvalue weighted by Gasteiger charge is 2.15. The fourth-order valence-electron chi connectivity index (χ4n) is 1.75. The molecule has 0 spiro atoms. The Labute approximate surface area is 103 Å². The van der Waals surface area contributed by atoms with Crippen LogP contribution < -0.4 is 5.73 Å². The fraction of sp³-hybridized carbons (Fsp3) is 0.250. The summed E-state index contributed by atoms with van der Waals surface area (Å²) in [4.78, 5) is 0. The minimum absolute atomic E-state index is 0.151. The van der Waals surface area contributed by atoms with E-state index in [1.54, 1.807) is 10.9 Å². The molecule has 0 saturated heterocycles. The molecule has 0 amide bonds. The summed E-state index contributed by atoms with van der Waals surface area (Å²) in [6, 6.07) is 7.98. The van der Waals surface area contributed by atoms with E-state index in [4.69, 9.17) is 5.73 Å². The lowest BCUT2D eigenvalue weighted by Crippen LogP contribution is -2.16. The van der Waals surface area contributed by atoms with Crippen LogP contribution in [-0.2, 0) is 7.05 Å². The first-order valence-corrected chi connectivity index (χ1v) is 5.88. The molecule has 0 fully saturated rings. The van der Waals surface area contributed by atoms with Crippen LogP contribution in [0.4, 0.5) is 0 Å². The molecule has 84 valence electrons. The maximum atomic E-state index is 6.24. The molecule has 3 nitrogen and oxygen atoms in total.